The summed E-state index contributed by atoms with van der Waals surface area (Å²) in [7, 11) is 0. The molecular weight excluding hydrogens is 568 g/mol. The summed E-state index contributed by atoms with van der Waals surface area (Å²) < 4.78 is 0. The molecule has 3 aromatic rings. The van der Waals surface area contributed by atoms with E-state index in [1.807, 2.05) is 36.1 Å². The number of likely N-dealkylation sites (tertiary alicyclic amines) is 1. The molecule has 0 bridgehead atoms. The number of piperidine rings is 1. The molecule has 2 amide bonds. The second kappa shape index (κ2) is 15.8. The third kappa shape index (κ3) is 9.00. The van der Waals surface area contributed by atoms with Crippen molar-refractivity contribution in [2.75, 3.05) is 64.2 Å². The van der Waals surface area contributed by atoms with Gasteiger partial charge in [-0.1, -0.05) is 31.2 Å². The maximum Gasteiger partial charge on any atom is 0.274 e. The zero-order valence-corrected chi connectivity index (χ0v) is 26.4. The number of anilines is 1. The molecule has 0 aliphatic carbocycles. The Morgan fingerprint density at radius 2 is 1.78 bits per heavy atom. The lowest BCUT2D eigenvalue weighted by Gasteiger charge is -2.38. The van der Waals surface area contributed by atoms with Crippen LogP contribution in [0.4, 0.5) is 5.69 Å². The first-order valence-electron chi connectivity index (χ1n) is 16.0. The summed E-state index contributed by atoms with van der Waals surface area (Å²) in [5.74, 6) is 0.169. The average Bonchev–Trinajstić information content (AvgIpc) is 3.06. The predicted octanol–water partition coefficient (Wildman–Crippen LogP) is 2.81. The second-order valence-electron chi connectivity index (χ2n) is 12.1. The largest absolute Gasteiger partial charge is 0.335 e. The number of nitrogens with zero attached hydrogens (tertiary/aromatic N) is 6. The van der Waals surface area contributed by atoms with Crippen LogP contribution in [0.3, 0.4) is 0 Å². The van der Waals surface area contributed by atoms with Gasteiger partial charge in [0.05, 0.1) is 30.7 Å². The Balaban J connectivity index is 1.24. The van der Waals surface area contributed by atoms with Crippen molar-refractivity contribution in [1.82, 2.24) is 35.2 Å². The van der Waals surface area contributed by atoms with Crippen molar-refractivity contribution < 1.29 is 14.4 Å². The van der Waals surface area contributed by atoms with Gasteiger partial charge in [-0.2, -0.15) is 10.2 Å². The lowest BCUT2D eigenvalue weighted by Crippen LogP contribution is -2.50. The minimum Gasteiger partial charge on any atom is -0.335 e. The van der Waals surface area contributed by atoms with Crippen LogP contribution >= 0.6 is 0 Å². The van der Waals surface area contributed by atoms with E-state index in [0.29, 0.717) is 37.8 Å². The van der Waals surface area contributed by atoms with Gasteiger partial charge in [0.2, 0.25) is 5.91 Å². The van der Waals surface area contributed by atoms with E-state index >= 15 is 0 Å². The van der Waals surface area contributed by atoms with Crippen molar-refractivity contribution in [2.45, 2.75) is 39.7 Å². The van der Waals surface area contributed by atoms with Crippen LogP contribution in [-0.2, 0) is 22.6 Å². The number of amides is 2. The summed E-state index contributed by atoms with van der Waals surface area (Å²) in [5, 5.41) is 14.1. The van der Waals surface area contributed by atoms with Gasteiger partial charge in [0.15, 0.2) is 5.69 Å². The van der Waals surface area contributed by atoms with E-state index in [1.165, 1.54) is 5.56 Å². The summed E-state index contributed by atoms with van der Waals surface area (Å²) >= 11 is 0. The fourth-order valence-electron chi connectivity index (χ4n) is 6.07. The molecule has 2 N–H and O–H groups in total. The maximum atomic E-state index is 13.8. The average molecular weight is 613 g/mol. The molecule has 0 saturated carbocycles. The zero-order chi connectivity index (χ0) is 31.6. The molecule has 11 nitrogen and oxygen atoms in total. The number of aromatic nitrogens is 3. The Morgan fingerprint density at radius 1 is 0.978 bits per heavy atom. The zero-order valence-electron chi connectivity index (χ0n) is 26.4. The van der Waals surface area contributed by atoms with Gasteiger partial charge >= 0.3 is 0 Å². The number of nitrogens with one attached hydrogen (secondary N) is 2. The van der Waals surface area contributed by atoms with Gasteiger partial charge in [0.1, 0.15) is 6.29 Å². The first-order valence-corrected chi connectivity index (χ1v) is 16.0. The molecule has 5 rings (SSSR count). The number of benzene rings is 1. The molecule has 0 unspecified atom stereocenters. The molecule has 238 valence electrons. The van der Waals surface area contributed by atoms with Gasteiger partial charge in [-0.15, -0.1) is 0 Å². The minimum atomic E-state index is -0.269. The fraction of sp³-hybridized carbons (Fsp3) is 0.471. The SMILES string of the molecule is CCc1cccc(-c2cnc(C(=O)N3CCN(CC4CCN(CC=O)CC4)CC3)c(NC(=O)CNCc3cc(C)cnn3)c2)c1. The van der Waals surface area contributed by atoms with Crippen molar-refractivity contribution in [1.29, 1.82) is 0 Å². The number of pyridine rings is 1. The molecule has 4 heterocycles. The van der Waals surface area contributed by atoms with E-state index in [-0.39, 0.29) is 24.1 Å². The van der Waals surface area contributed by atoms with Crippen molar-refractivity contribution in [3.63, 3.8) is 0 Å². The Hall–Kier alpha value is -4.06. The molecule has 2 fully saturated rings. The first kappa shape index (κ1) is 32.3. The lowest BCUT2D eigenvalue weighted by atomic mass is 9.96. The standard InChI is InChI=1S/C34H44N8O3/c1-3-26-5-4-6-28(18-26)29-19-31(38-32(44)23-35-22-30-17-25(2)20-37-39-30)33(36-21-29)34(45)42-13-11-41(12-14-42)24-27-7-9-40(10-8-27)15-16-43/h4-6,16-21,27,35H,3,7-15,22-24H2,1-2H3,(H,38,44). The highest BCUT2D eigenvalue weighted by Crippen LogP contribution is 2.27. The van der Waals surface area contributed by atoms with E-state index in [9.17, 15) is 14.4 Å². The lowest BCUT2D eigenvalue weighted by molar-refractivity contribution is -0.115. The van der Waals surface area contributed by atoms with Gasteiger partial charge in [0, 0.05) is 51.0 Å². The summed E-state index contributed by atoms with van der Waals surface area (Å²) in [4.78, 5) is 48.8. The summed E-state index contributed by atoms with van der Waals surface area (Å²) in [6.45, 7) is 10.8. The Morgan fingerprint density at radius 3 is 2.51 bits per heavy atom. The Labute approximate surface area is 265 Å². The Kier molecular flexibility index (Phi) is 11.3. The van der Waals surface area contributed by atoms with Crippen LogP contribution < -0.4 is 10.6 Å². The smallest absolute Gasteiger partial charge is 0.274 e. The van der Waals surface area contributed by atoms with Gasteiger partial charge < -0.3 is 20.3 Å². The molecule has 0 spiro atoms. The van der Waals surface area contributed by atoms with Crippen LogP contribution in [-0.4, -0.2) is 107 Å². The maximum absolute atomic E-state index is 13.8. The molecule has 0 radical (unpaired) electrons. The van der Waals surface area contributed by atoms with E-state index in [2.05, 4.69) is 54.7 Å². The normalized spacial score (nSPS) is 16.4. The molecule has 45 heavy (non-hydrogen) atoms. The molecule has 1 aromatic carbocycles. The molecule has 2 aromatic heterocycles. The molecule has 2 aliphatic heterocycles. The highest BCUT2D eigenvalue weighted by atomic mass is 16.2. The number of carbonyl (C=O) groups excluding carboxylic acids is 3. The highest BCUT2D eigenvalue weighted by Gasteiger charge is 2.28. The second-order valence-corrected chi connectivity index (χ2v) is 12.1. The molecule has 0 atom stereocenters. The first-order chi connectivity index (χ1) is 21.9. The van der Waals surface area contributed by atoms with Gasteiger partial charge in [-0.3, -0.25) is 19.4 Å². The van der Waals surface area contributed by atoms with Crippen LogP contribution in [0.2, 0.25) is 0 Å². The van der Waals surface area contributed by atoms with Crippen molar-refractivity contribution >= 4 is 23.8 Å². The summed E-state index contributed by atoms with van der Waals surface area (Å²) in [6.07, 6.45) is 7.50. The van der Waals surface area contributed by atoms with Crippen molar-refractivity contribution in [3.8, 4) is 11.1 Å². The van der Waals surface area contributed by atoms with Crippen LogP contribution in [0, 0.1) is 12.8 Å². The van der Waals surface area contributed by atoms with Crippen LogP contribution in [0.25, 0.3) is 11.1 Å². The number of hydrogen-bond acceptors (Lipinski definition) is 9. The topological polar surface area (TPSA) is 124 Å². The third-order valence-electron chi connectivity index (χ3n) is 8.68. The van der Waals surface area contributed by atoms with Crippen molar-refractivity contribution in [2.24, 2.45) is 5.92 Å². The van der Waals surface area contributed by atoms with Crippen molar-refractivity contribution in [3.05, 3.63) is 71.3 Å². The van der Waals surface area contributed by atoms with Gasteiger partial charge in [-0.25, -0.2) is 4.98 Å². The minimum absolute atomic E-state index is 0.0472. The van der Waals surface area contributed by atoms with Gasteiger partial charge in [-0.05, 0) is 74.0 Å². The monoisotopic (exact) mass is 612 g/mol. The van der Waals surface area contributed by atoms with Gasteiger partial charge in [0.25, 0.3) is 5.91 Å². The molecule has 11 heteroatoms. The number of aryl methyl sites for hydroxylation is 2. The van der Waals surface area contributed by atoms with E-state index in [4.69, 9.17) is 0 Å². The van der Waals surface area contributed by atoms with E-state index in [0.717, 1.165) is 80.7 Å². The number of piperazine rings is 1. The predicted molar refractivity (Wildman–Crippen MR) is 174 cm³/mol. The molecule has 2 aliphatic rings. The Bertz CT molecular complexity index is 1470. The number of rotatable bonds is 12. The third-order valence-corrected chi connectivity index (χ3v) is 8.68. The van der Waals surface area contributed by atoms with Crippen LogP contribution in [0.5, 0.6) is 0 Å². The van der Waals surface area contributed by atoms with Crippen LogP contribution in [0.1, 0.15) is 47.1 Å². The van der Waals surface area contributed by atoms with E-state index < -0.39 is 0 Å². The number of carbonyl (C=O) groups is 3. The molecule has 2 saturated heterocycles. The van der Waals surface area contributed by atoms with E-state index in [1.54, 1.807) is 12.4 Å². The number of aldehydes is 1. The fourth-order valence-corrected chi connectivity index (χ4v) is 6.07. The highest BCUT2D eigenvalue weighted by molar-refractivity contribution is 6.03. The summed E-state index contributed by atoms with van der Waals surface area (Å²) in [5.41, 5.74) is 5.43. The van der Waals surface area contributed by atoms with Crippen LogP contribution in [0.15, 0.2) is 48.8 Å². The molecular formula is C34H44N8O3. The quantitative estimate of drug-likeness (QED) is 0.297. The number of hydrogen-bond donors (Lipinski definition) is 2. The summed E-state index contributed by atoms with van der Waals surface area (Å²) in [6, 6.07) is 12.0.